The molecule has 150 valence electrons. The van der Waals surface area contributed by atoms with Crippen LogP contribution in [0.25, 0.3) is 0 Å². The summed E-state index contributed by atoms with van der Waals surface area (Å²) in [5.74, 6) is -0.0468. The molecule has 0 aliphatic heterocycles. The van der Waals surface area contributed by atoms with Crippen LogP contribution < -0.4 is 20.7 Å². The van der Waals surface area contributed by atoms with Crippen molar-refractivity contribution in [2.24, 2.45) is 0 Å². The van der Waals surface area contributed by atoms with Crippen molar-refractivity contribution in [1.29, 1.82) is 0 Å². The Bertz CT molecular complexity index is 1030. The number of hydrogen-bond donors (Lipinski definition) is 3. The van der Waals surface area contributed by atoms with Gasteiger partial charge in [-0.3, -0.25) is 4.79 Å². The van der Waals surface area contributed by atoms with Gasteiger partial charge in [0.25, 0.3) is 5.91 Å². The Morgan fingerprint density at radius 1 is 1.10 bits per heavy atom. The lowest BCUT2D eigenvalue weighted by Gasteiger charge is -2.12. The molecular weight excluding hydrogens is 377 g/mol. The molecule has 7 nitrogen and oxygen atoms in total. The second kappa shape index (κ2) is 8.92. The lowest BCUT2D eigenvalue weighted by molar-refractivity contribution is 0.102. The Morgan fingerprint density at radius 3 is 2.62 bits per heavy atom. The molecule has 0 radical (unpaired) electrons. The molecule has 0 saturated carbocycles. The second-order valence-corrected chi connectivity index (χ2v) is 6.16. The van der Waals surface area contributed by atoms with E-state index in [1.165, 1.54) is 24.5 Å². The van der Waals surface area contributed by atoms with Crippen LogP contribution in [0.15, 0.2) is 59.2 Å². The molecule has 1 heterocycles. The van der Waals surface area contributed by atoms with Gasteiger partial charge in [-0.25, -0.2) is 9.18 Å². The van der Waals surface area contributed by atoms with Crippen molar-refractivity contribution in [2.75, 3.05) is 17.7 Å². The number of amides is 3. The zero-order valence-corrected chi connectivity index (χ0v) is 15.9. The SMILES string of the molecule is COc1ccccc1CNC(=O)Nc1ccc(F)c(NC(=O)c2ccoc2C)c1. The van der Waals surface area contributed by atoms with Gasteiger partial charge >= 0.3 is 6.03 Å². The number of anilines is 2. The van der Waals surface area contributed by atoms with Crippen molar-refractivity contribution in [2.45, 2.75) is 13.5 Å². The summed E-state index contributed by atoms with van der Waals surface area (Å²) < 4.78 is 24.4. The number of carbonyl (C=O) groups is 2. The van der Waals surface area contributed by atoms with Gasteiger partial charge in [0.15, 0.2) is 0 Å². The molecule has 0 aliphatic rings. The van der Waals surface area contributed by atoms with Crippen LogP contribution in [0.2, 0.25) is 0 Å². The van der Waals surface area contributed by atoms with E-state index in [1.54, 1.807) is 20.1 Å². The average Bonchev–Trinajstić information content (AvgIpc) is 3.15. The monoisotopic (exact) mass is 397 g/mol. The van der Waals surface area contributed by atoms with Crippen LogP contribution in [0.3, 0.4) is 0 Å². The third-order valence-corrected chi connectivity index (χ3v) is 4.21. The minimum Gasteiger partial charge on any atom is -0.496 e. The Labute approximate surface area is 166 Å². The third kappa shape index (κ3) is 4.92. The van der Waals surface area contributed by atoms with Crippen LogP contribution in [0.4, 0.5) is 20.6 Å². The number of halogens is 1. The highest BCUT2D eigenvalue weighted by Crippen LogP contribution is 2.22. The number of benzene rings is 2. The molecule has 0 spiro atoms. The van der Waals surface area contributed by atoms with Crippen molar-refractivity contribution in [1.82, 2.24) is 5.32 Å². The summed E-state index contributed by atoms with van der Waals surface area (Å²) >= 11 is 0. The molecule has 3 N–H and O–H groups in total. The Balaban J connectivity index is 1.64. The fourth-order valence-corrected chi connectivity index (χ4v) is 2.71. The van der Waals surface area contributed by atoms with Crippen LogP contribution >= 0.6 is 0 Å². The largest absolute Gasteiger partial charge is 0.496 e. The van der Waals surface area contributed by atoms with Crippen molar-refractivity contribution in [3.05, 3.63) is 77.5 Å². The van der Waals surface area contributed by atoms with E-state index in [-0.39, 0.29) is 12.2 Å². The molecule has 0 bridgehead atoms. The first-order valence-electron chi connectivity index (χ1n) is 8.79. The number of urea groups is 1. The molecule has 3 rings (SSSR count). The average molecular weight is 397 g/mol. The van der Waals surface area contributed by atoms with E-state index in [4.69, 9.17) is 9.15 Å². The van der Waals surface area contributed by atoms with Gasteiger partial charge in [-0.05, 0) is 37.3 Å². The summed E-state index contributed by atoms with van der Waals surface area (Å²) in [4.78, 5) is 24.4. The summed E-state index contributed by atoms with van der Waals surface area (Å²) in [5, 5.41) is 7.79. The second-order valence-electron chi connectivity index (χ2n) is 6.16. The van der Waals surface area contributed by atoms with E-state index < -0.39 is 17.8 Å². The van der Waals surface area contributed by atoms with Crippen LogP contribution in [0, 0.1) is 12.7 Å². The maximum atomic E-state index is 14.1. The van der Waals surface area contributed by atoms with E-state index in [0.29, 0.717) is 22.8 Å². The predicted octanol–water partition coefficient (Wildman–Crippen LogP) is 4.31. The van der Waals surface area contributed by atoms with E-state index in [2.05, 4.69) is 16.0 Å². The Kier molecular flexibility index (Phi) is 6.13. The maximum absolute atomic E-state index is 14.1. The maximum Gasteiger partial charge on any atom is 0.319 e. The summed E-state index contributed by atoms with van der Waals surface area (Å²) in [7, 11) is 1.55. The number of hydrogen-bond acceptors (Lipinski definition) is 4. The van der Waals surface area contributed by atoms with Crippen molar-refractivity contribution in [3.63, 3.8) is 0 Å². The number of ether oxygens (including phenoxy) is 1. The molecule has 0 saturated heterocycles. The molecular formula is C21H20FN3O4. The number of furan rings is 1. The number of carbonyl (C=O) groups excluding carboxylic acids is 2. The zero-order chi connectivity index (χ0) is 20.8. The molecule has 2 aromatic carbocycles. The fourth-order valence-electron chi connectivity index (χ4n) is 2.71. The highest BCUT2D eigenvalue weighted by molar-refractivity contribution is 6.05. The minimum atomic E-state index is -0.625. The summed E-state index contributed by atoms with van der Waals surface area (Å²) in [5.41, 5.74) is 1.38. The van der Waals surface area contributed by atoms with Crippen LogP contribution in [0.5, 0.6) is 5.75 Å². The van der Waals surface area contributed by atoms with Crippen molar-refractivity contribution >= 4 is 23.3 Å². The van der Waals surface area contributed by atoms with Gasteiger partial charge in [-0.1, -0.05) is 18.2 Å². The van der Waals surface area contributed by atoms with E-state index in [0.717, 1.165) is 11.6 Å². The number of aryl methyl sites for hydroxylation is 1. The van der Waals surface area contributed by atoms with Crippen LogP contribution in [-0.2, 0) is 6.54 Å². The quantitative estimate of drug-likeness (QED) is 0.578. The van der Waals surface area contributed by atoms with E-state index in [9.17, 15) is 14.0 Å². The molecule has 0 atom stereocenters. The van der Waals surface area contributed by atoms with Gasteiger partial charge in [-0.2, -0.15) is 0 Å². The molecule has 3 aromatic rings. The minimum absolute atomic E-state index is 0.0573. The molecule has 0 fully saturated rings. The van der Waals surface area contributed by atoms with Gasteiger partial charge in [0, 0.05) is 17.8 Å². The summed E-state index contributed by atoms with van der Waals surface area (Å²) in [6.07, 6.45) is 1.38. The van der Waals surface area contributed by atoms with Crippen LogP contribution in [0.1, 0.15) is 21.7 Å². The number of methoxy groups -OCH3 is 1. The van der Waals surface area contributed by atoms with Gasteiger partial charge in [0.05, 0.1) is 24.6 Å². The topological polar surface area (TPSA) is 92.6 Å². The molecule has 8 heteroatoms. The first kappa shape index (κ1) is 19.9. The highest BCUT2D eigenvalue weighted by Gasteiger charge is 2.14. The number of nitrogens with one attached hydrogen (secondary N) is 3. The Hall–Kier alpha value is -3.81. The predicted molar refractivity (Wildman–Crippen MR) is 107 cm³/mol. The fraction of sp³-hybridized carbons (Fsp3) is 0.143. The Morgan fingerprint density at radius 2 is 1.90 bits per heavy atom. The molecule has 1 aromatic heterocycles. The number of para-hydroxylation sites is 1. The zero-order valence-electron chi connectivity index (χ0n) is 15.9. The smallest absolute Gasteiger partial charge is 0.319 e. The molecule has 29 heavy (non-hydrogen) atoms. The summed E-state index contributed by atoms with van der Waals surface area (Å²) in [6, 6.07) is 12.2. The molecule has 0 unspecified atom stereocenters. The summed E-state index contributed by atoms with van der Waals surface area (Å²) in [6.45, 7) is 1.88. The van der Waals surface area contributed by atoms with Crippen molar-refractivity contribution < 1.29 is 23.1 Å². The van der Waals surface area contributed by atoms with Gasteiger partial charge in [0.2, 0.25) is 0 Å². The lowest BCUT2D eigenvalue weighted by Crippen LogP contribution is -2.28. The molecule has 3 amide bonds. The van der Waals surface area contributed by atoms with Gasteiger partial charge in [0.1, 0.15) is 17.3 Å². The molecule has 0 aliphatic carbocycles. The van der Waals surface area contributed by atoms with E-state index in [1.807, 2.05) is 18.2 Å². The first-order valence-corrected chi connectivity index (χ1v) is 8.79. The highest BCUT2D eigenvalue weighted by atomic mass is 19.1. The number of rotatable bonds is 6. The van der Waals surface area contributed by atoms with Crippen LogP contribution in [-0.4, -0.2) is 19.0 Å². The van der Waals surface area contributed by atoms with Crippen molar-refractivity contribution in [3.8, 4) is 5.75 Å². The first-order chi connectivity index (χ1) is 14.0. The standard InChI is InChI=1S/C21H20FN3O4/c1-13-16(9-10-29-13)20(26)25-18-11-15(7-8-17(18)22)24-21(27)23-12-14-5-3-4-6-19(14)28-2/h3-11H,12H2,1-2H3,(H,25,26)(H2,23,24,27). The third-order valence-electron chi connectivity index (χ3n) is 4.21. The van der Waals surface area contributed by atoms with E-state index >= 15 is 0 Å². The lowest BCUT2D eigenvalue weighted by atomic mass is 10.2. The van der Waals surface area contributed by atoms with Gasteiger partial charge < -0.3 is 25.1 Å². The normalized spacial score (nSPS) is 10.3. The van der Waals surface area contributed by atoms with Gasteiger partial charge in [-0.15, -0.1) is 0 Å².